The molecule has 0 spiro atoms. The van der Waals surface area contributed by atoms with Crippen LogP contribution >= 0.6 is 0 Å². The number of nitrogens with one attached hydrogen (secondary N) is 2. The molecule has 0 aliphatic rings. The Morgan fingerprint density at radius 3 is 2.68 bits per heavy atom. The molecule has 0 heterocycles. The van der Waals surface area contributed by atoms with Gasteiger partial charge >= 0.3 is 6.03 Å². The zero-order valence-electron chi connectivity index (χ0n) is 10.1. The predicted octanol–water partition coefficient (Wildman–Crippen LogP) is 2.85. The Hall–Kier alpha value is -2.56. The van der Waals surface area contributed by atoms with Crippen LogP contribution in [0.25, 0.3) is 0 Å². The lowest BCUT2D eigenvalue weighted by Gasteiger charge is -2.08. The maximum absolute atomic E-state index is 13.3. The molecule has 0 unspecified atom stereocenters. The highest BCUT2D eigenvalue weighted by atomic mass is 19.1. The summed E-state index contributed by atoms with van der Waals surface area (Å²) in [5, 5.41) is 14.3. The van der Waals surface area contributed by atoms with E-state index in [1.807, 2.05) is 0 Å². The van der Waals surface area contributed by atoms with Gasteiger partial charge in [0.25, 0.3) is 0 Å². The molecule has 0 bridgehead atoms. The van der Waals surface area contributed by atoms with Gasteiger partial charge in [-0.1, -0.05) is 24.3 Å². The van der Waals surface area contributed by atoms with Gasteiger partial charge in [-0.3, -0.25) is 0 Å². The van der Waals surface area contributed by atoms with Crippen molar-refractivity contribution in [2.45, 2.75) is 6.54 Å². The third-order valence-corrected chi connectivity index (χ3v) is 2.49. The summed E-state index contributed by atoms with van der Waals surface area (Å²) < 4.78 is 13.3. The van der Waals surface area contributed by atoms with Gasteiger partial charge in [-0.2, -0.15) is 0 Å². The van der Waals surface area contributed by atoms with E-state index in [9.17, 15) is 14.3 Å². The van der Waals surface area contributed by atoms with Crippen molar-refractivity contribution in [3.05, 3.63) is 59.9 Å². The Bertz CT molecular complexity index is 587. The number of anilines is 1. The van der Waals surface area contributed by atoms with Crippen molar-refractivity contribution in [1.29, 1.82) is 0 Å². The van der Waals surface area contributed by atoms with Gasteiger partial charge in [0.05, 0.1) is 5.69 Å². The number of phenols is 1. The number of urea groups is 1. The molecule has 2 aromatic rings. The maximum Gasteiger partial charge on any atom is 0.319 e. The molecule has 0 aliphatic heterocycles. The molecular weight excluding hydrogens is 247 g/mol. The zero-order chi connectivity index (χ0) is 13.7. The minimum Gasteiger partial charge on any atom is -0.508 e. The van der Waals surface area contributed by atoms with E-state index in [1.165, 1.54) is 12.1 Å². The summed E-state index contributed by atoms with van der Waals surface area (Å²) in [6.45, 7) is 0.245. The van der Waals surface area contributed by atoms with Gasteiger partial charge in [0, 0.05) is 6.54 Å². The average molecular weight is 260 g/mol. The number of hydrogen-bond acceptors (Lipinski definition) is 2. The molecule has 5 heteroatoms. The molecule has 2 rings (SSSR count). The monoisotopic (exact) mass is 260 g/mol. The molecule has 0 fully saturated rings. The normalized spacial score (nSPS) is 9.95. The van der Waals surface area contributed by atoms with Gasteiger partial charge in [-0.25, -0.2) is 9.18 Å². The van der Waals surface area contributed by atoms with Crippen molar-refractivity contribution in [3.63, 3.8) is 0 Å². The highest BCUT2D eigenvalue weighted by Gasteiger charge is 2.05. The lowest BCUT2D eigenvalue weighted by Crippen LogP contribution is -2.28. The summed E-state index contributed by atoms with van der Waals surface area (Å²) in [4.78, 5) is 11.6. The molecule has 0 atom stereocenters. The molecule has 0 radical (unpaired) electrons. The minimum absolute atomic E-state index is 0.121. The van der Waals surface area contributed by atoms with Gasteiger partial charge in [0.2, 0.25) is 0 Å². The van der Waals surface area contributed by atoms with Gasteiger partial charge in [0.1, 0.15) is 11.6 Å². The molecule has 4 nitrogen and oxygen atoms in total. The summed E-state index contributed by atoms with van der Waals surface area (Å²) in [5.74, 6) is -0.358. The molecule has 2 amide bonds. The van der Waals surface area contributed by atoms with E-state index in [0.717, 1.165) is 5.56 Å². The largest absolute Gasteiger partial charge is 0.508 e. The Kier molecular flexibility index (Phi) is 3.97. The molecule has 0 aromatic heterocycles. The average Bonchev–Trinajstić information content (AvgIpc) is 2.39. The molecule has 0 saturated heterocycles. The van der Waals surface area contributed by atoms with E-state index < -0.39 is 11.8 Å². The van der Waals surface area contributed by atoms with Crippen molar-refractivity contribution in [1.82, 2.24) is 5.32 Å². The van der Waals surface area contributed by atoms with E-state index in [1.54, 1.807) is 36.4 Å². The van der Waals surface area contributed by atoms with Crippen LogP contribution in [-0.4, -0.2) is 11.1 Å². The summed E-state index contributed by atoms with van der Waals surface area (Å²) >= 11 is 0. The van der Waals surface area contributed by atoms with Crippen LogP contribution in [0.4, 0.5) is 14.9 Å². The highest BCUT2D eigenvalue weighted by Crippen LogP contribution is 2.13. The standard InChI is InChI=1S/C14H13FN2O2/c15-12-6-1-2-7-13(12)17-14(19)16-9-10-4-3-5-11(18)8-10/h1-8,18H,9H2,(H2,16,17,19). The van der Waals surface area contributed by atoms with E-state index >= 15 is 0 Å². The predicted molar refractivity (Wildman–Crippen MR) is 70.4 cm³/mol. The SMILES string of the molecule is O=C(NCc1cccc(O)c1)Nc1ccccc1F. The van der Waals surface area contributed by atoms with Crippen LogP contribution in [0.3, 0.4) is 0 Å². The van der Waals surface area contributed by atoms with Crippen molar-refractivity contribution in [2.24, 2.45) is 0 Å². The minimum atomic E-state index is -0.506. The lowest BCUT2D eigenvalue weighted by molar-refractivity contribution is 0.251. The molecular formula is C14H13FN2O2. The second-order valence-corrected chi connectivity index (χ2v) is 3.96. The molecule has 0 aliphatic carbocycles. The van der Waals surface area contributed by atoms with Crippen LogP contribution in [0.5, 0.6) is 5.75 Å². The number of halogens is 1. The smallest absolute Gasteiger partial charge is 0.319 e. The number of rotatable bonds is 3. The molecule has 3 N–H and O–H groups in total. The highest BCUT2D eigenvalue weighted by molar-refractivity contribution is 5.89. The number of carbonyl (C=O) groups excluding carboxylic acids is 1. The molecule has 19 heavy (non-hydrogen) atoms. The van der Waals surface area contributed by atoms with Crippen molar-refractivity contribution in [2.75, 3.05) is 5.32 Å². The van der Waals surface area contributed by atoms with E-state index in [2.05, 4.69) is 10.6 Å². The third-order valence-electron chi connectivity index (χ3n) is 2.49. The van der Waals surface area contributed by atoms with Gasteiger partial charge in [0.15, 0.2) is 0 Å². The van der Waals surface area contributed by atoms with Crippen molar-refractivity contribution >= 4 is 11.7 Å². The number of aromatic hydroxyl groups is 1. The van der Waals surface area contributed by atoms with Crippen LogP contribution in [0, 0.1) is 5.82 Å². The fraction of sp³-hybridized carbons (Fsp3) is 0.0714. The summed E-state index contributed by atoms with van der Waals surface area (Å²) in [6, 6.07) is 12.0. The van der Waals surface area contributed by atoms with Crippen LogP contribution in [-0.2, 0) is 6.54 Å². The van der Waals surface area contributed by atoms with Crippen LogP contribution in [0.1, 0.15) is 5.56 Å². The fourth-order valence-corrected chi connectivity index (χ4v) is 1.58. The Balaban J connectivity index is 1.90. The lowest BCUT2D eigenvalue weighted by atomic mass is 10.2. The van der Waals surface area contributed by atoms with Crippen molar-refractivity contribution in [3.8, 4) is 5.75 Å². The first-order valence-electron chi connectivity index (χ1n) is 5.72. The maximum atomic E-state index is 13.3. The van der Waals surface area contributed by atoms with Gasteiger partial charge < -0.3 is 15.7 Å². The third kappa shape index (κ3) is 3.70. The first kappa shape index (κ1) is 12.9. The number of amides is 2. The molecule has 0 saturated carbocycles. The fourth-order valence-electron chi connectivity index (χ4n) is 1.58. The topological polar surface area (TPSA) is 61.4 Å². The van der Waals surface area contributed by atoms with Gasteiger partial charge in [-0.05, 0) is 29.8 Å². The Labute approximate surface area is 109 Å². The second kappa shape index (κ2) is 5.86. The van der Waals surface area contributed by atoms with E-state index in [4.69, 9.17) is 0 Å². The van der Waals surface area contributed by atoms with E-state index in [0.29, 0.717) is 0 Å². The number of para-hydroxylation sites is 1. The number of benzene rings is 2. The Morgan fingerprint density at radius 1 is 1.16 bits per heavy atom. The number of hydrogen-bond donors (Lipinski definition) is 3. The summed E-state index contributed by atoms with van der Waals surface area (Å²) in [7, 11) is 0. The van der Waals surface area contributed by atoms with Crippen LogP contribution in [0.2, 0.25) is 0 Å². The van der Waals surface area contributed by atoms with Crippen molar-refractivity contribution < 1.29 is 14.3 Å². The zero-order valence-corrected chi connectivity index (χ0v) is 10.1. The summed E-state index contributed by atoms with van der Waals surface area (Å²) in [5.41, 5.74) is 0.875. The first-order valence-corrected chi connectivity index (χ1v) is 5.72. The van der Waals surface area contributed by atoms with Gasteiger partial charge in [-0.15, -0.1) is 0 Å². The van der Waals surface area contributed by atoms with Crippen LogP contribution in [0.15, 0.2) is 48.5 Å². The number of phenolic OH excluding ortho intramolecular Hbond substituents is 1. The molecule has 2 aromatic carbocycles. The van der Waals surface area contributed by atoms with E-state index in [-0.39, 0.29) is 18.0 Å². The summed E-state index contributed by atoms with van der Waals surface area (Å²) in [6.07, 6.45) is 0. The first-order chi connectivity index (χ1) is 9.15. The quantitative estimate of drug-likeness (QED) is 0.794. The van der Waals surface area contributed by atoms with Crippen LogP contribution < -0.4 is 10.6 Å². The second-order valence-electron chi connectivity index (χ2n) is 3.96. The molecule has 98 valence electrons. The Morgan fingerprint density at radius 2 is 1.95 bits per heavy atom. The number of carbonyl (C=O) groups is 1.